The van der Waals surface area contributed by atoms with E-state index in [1.165, 1.54) is 12.1 Å². The fourth-order valence-corrected chi connectivity index (χ4v) is 2.36. The van der Waals surface area contributed by atoms with Crippen LogP contribution in [0.15, 0.2) is 18.2 Å². The minimum Gasteiger partial charge on any atom is -0.508 e. The van der Waals surface area contributed by atoms with Gasteiger partial charge in [0.05, 0.1) is 0 Å². The number of likely N-dealkylation sites (tertiary alicyclic amines) is 1. The first-order chi connectivity index (χ1) is 8.08. The van der Waals surface area contributed by atoms with E-state index in [0.717, 1.165) is 25.9 Å². The van der Waals surface area contributed by atoms with Gasteiger partial charge in [0, 0.05) is 36.8 Å². The maximum Gasteiger partial charge on any atom is 0.131 e. The SMILES string of the molecule is CC(c1ccc(O)cc1F)N1CCC(N)CC1. The molecule has 3 nitrogen and oxygen atoms in total. The second-order valence-electron chi connectivity index (χ2n) is 4.76. The number of phenolic OH excluding ortho intramolecular Hbond substituents is 1. The van der Waals surface area contributed by atoms with Gasteiger partial charge in [-0.05, 0) is 25.8 Å². The molecule has 4 heteroatoms. The molecule has 0 radical (unpaired) electrons. The molecule has 1 aromatic carbocycles. The molecule has 0 aliphatic carbocycles. The Bertz CT molecular complexity index is 389. The third kappa shape index (κ3) is 2.76. The fourth-order valence-electron chi connectivity index (χ4n) is 2.36. The van der Waals surface area contributed by atoms with Gasteiger partial charge in [0.2, 0.25) is 0 Å². The van der Waals surface area contributed by atoms with Crippen LogP contribution >= 0.6 is 0 Å². The molecule has 1 heterocycles. The number of hydrogen-bond acceptors (Lipinski definition) is 3. The van der Waals surface area contributed by atoms with Crippen LogP contribution in [0, 0.1) is 5.82 Å². The summed E-state index contributed by atoms with van der Waals surface area (Å²) in [4.78, 5) is 2.23. The van der Waals surface area contributed by atoms with E-state index in [-0.39, 0.29) is 23.7 Å². The van der Waals surface area contributed by atoms with Crippen LogP contribution in [-0.2, 0) is 0 Å². The fraction of sp³-hybridized carbons (Fsp3) is 0.538. The monoisotopic (exact) mass is 238 g/mol. The average molecular weight is 238 g/mol. The highest BCUT2D eigenvalue weighted by molar-refractivity contribution is 5.29. The van der Waals surface area contributed by atoms with E-state index in [1.54, 1.807) is 6.07 Å². The lowest BCUT2D eigenvalue weighted by molar-refractivity contribution is 0.160. The summed E-state index contributed by atoms with van der Waals surface area (Å²) < 4.78 is 13.7. The summed E-state index contributed by atoms with van der Waals surface area (Å²) >= 11 is 0. The Morgan fingerprint density at radius 3 is 2.65 bits per heavy atom. The average Bonchev–Trinajstić information content (AvgIpc) is 2.29. The minimum atomic E-state index is -0.340. The Morgan fingerprint density at radius 1 is 1.41 bits per heavy atom. The summed E-state index contributed by atoms with van der Waals surface area (Å²) in [6, 6.07) is 4.67. The summed E-state index contributed by atoms with van der Waals surface area (Å²) in [6.45, 7) is 3.80. The molecule has 1 aliphatic rings. The van der Waals surface area contributed by atoms with Gasteiger partial charge in [-0.2, -0.15) is 0 Å². The summed E-state index contributed by atoms with van der Waals surface area (Å²) in [5.41, 5.74) is 6.49. The Hall–Kier alpha value is -1.13. The molecule has 0 spiro atoms. The summed E-state index contributed by atoms with van der Waals surface area (Å²) in [5, 5.41) is 9.19. The molecule has 1 aromatic rings. The third-order valence-electron chi connectivity index (χ3n) is 3.56. The maximum absolute atomic E-state index is 13.7. The lowest BCUT2D eigenvalue weighted by atomic mass is 10.0. The van der Waals surface area contributed by atoms with Gasteiger partial charge in [0.1, 0.15) is 11.6 Å². The van der Waals surface area contributed by atoms with Gasteiger partial charge in [-0.1, -0.05) is 6.07 Å². The zero-order valence-electron chi connectivity index (χ0n) is 10.1. The molecule has 0 amide bonds. The van der Waals surface area contributed by atoms with Gasteiger partial charge >= 0.3 is 0 Å². The lowest BCUT2D eigenvalue weighted by Gasteiger charge is -2.35. The Labute approximate surface area is 101 Å². The standard InChI is InChI=1S/C13H19FN2O/c1-9(16-6-4-10(15)5-7-16)12-3-2-11(17)8-13(12)14/h2-3,8-10,17H,4-7,15H2,1H3. The van der Waals surface area contributed by atoms with E-state index in [0.29, 0.717) is 5.56 Å². The molecule has 1 fully saturated rings. The first-order valence-electron chi connectivity index (χ1n) is 6.06. The van der Waals surface area contributed by atoms with Gasteiger partial charge in [-0.3, -0.25) is 4.90 Å². The summed E-state index contributed by atoms with van der Waals surface area (Å²) in [6.07, 6.45) is 1.92. The van der Waals surface area contributed by atoms with Crippen molar-refractivity contribution in [3.63, 3.8) is 0 Å². The molecular weight excluding hydrogens is 219 g/mol. The lowest BCUT2D eigenvalue weighted by Crippen LogP contribution is -2.41. The highest BCUT2D eigenvalue weighted by atomic mass is 19.1. The number of piperidine rings is 1. The van der Waals surface area contributed by atoms with Crippen LogP contribution in [-0.4, -0.2) is 29.1 Å². The number of benzene rings is 1. The van der Waals surface area contributed by atoms with Crippen LogP contribution < -0.4 is 5.73 Å². The van der Waals surface area contributed by atoms with Crippen molar-refractivity contribution in [2.45, 2.75) is 31.8 Å². The summed E-state index contributed by atoms with van der Waals surface area (Å²) in [7, 11) is 0. The molecule has 1 atom stereocenters. The number of phenols is 1. The van der Waals surface area contributed by atoms with Crippen LogP contribution in [0.2, 0.25) is 0 Å². The Kier molecular flexibility index (Phi) is 3.64. The van der Waals surface area contributed by atoms with Crippen LogP contribution in [0.25, 0.3) is 0 Å². The quantitative estimate of drug-likeness (QED) is 0.828. The molecule has 1 saturated heterocycles. The van der Waals surface area contributed by atoms with Crippen molar-refractivity contribution >= 4 is 0 Å². The highest BCUT2D eigenvalue weighted by Gasteiger charge is 2.23. The molecule has 0 bridgehead atoms. The first-order valence-corrected chi connectivity index (χ1v) is 6.06. The van der Waals surface area contributed by atoms with E-state index in [1.807, 2.05) is 6.92 Å². The molecule has 0 aromatic heterocycles. The van der Waals surface area contributed by atoms with E-state index in [9.17, 15) is 9.50 Å². The number of nitrogens with zero attached hydrogens (tertiary/aromatic N) is 1. The van der Waals surface area contributed by atoms with Gasteiger partial charge in [-0.15, -0.1) is 0 Å². The topological polar surface area (TPSA) is 49.5 Å². The number of nitrogens with two attached hydrogens (primary N) is 1. The van der Waals surface area contributed by atoms with E-state index < -0.39 is 0 Å². The molecule has 94 valence electrons. The van der Waals surface area contributed by atoms with Crippen LogP contribution in [0.4, 0.5) is 4.39 Å². The second-order valence-corrected chi connectivity index (χ2v) is 4.76. The van der Waals surface area contributed by atoms with Crippen molar-refractivity contribution < 1.29 is 9.50 Å². The largest absolute Gasteiger partial charge is 0.508 e. The molecule has 1 unspecified atom stereocenters. The Morgan fingerprint density at radius 2 is 2.06 bits per heavy atom. The molecule has 2 rings (SSSR count). The predicted octanol–water partition coefficient (Wildman–Crippen LogP) is 2.02. The van der Waals surface area contributed by atoms with Crippen LogP contribution in [0.5, 0.6) is 5.75 Å². The second kappa shape index (κ2) is 5.02. The van der Waals surface area contributed by atoms with Gasteiger partial charge < -0.3 is 10.8 Å². The first kappa shape index (κ1) is 12.3. The smallest absolute Gasteiger partial charge is 0.131 e. The van der Waals surface area contributed by atoms with E-state index >= 15 is 0 Å². The van der Waals surface area contributed by atoms with E-state index in [2.05, 4.69) is 4.90 Å². The van der Waals surface area contributed by atoms with Crippen molar-refractivity contribution in [1.82, 2.24) is 4.90 Å². The summed E-state index contributed by atoms with van der Waals surface area (Å²) in [5.74, 6) is -0.369. The number of rotatable bonds is 2. The van der Waals surface area contributed by atoms with Crippen molar-refractivity contribution in [2.24, 2.45) is 5.73 Å². The zero-order valence-corrected chi connectivity index (χ0v) is 10.1. The molecule has 1 aliphatic heterocycles. The van der Waals surface area contributed by atoms with Gasteiger partial charge in [-0.25, -0.2) is 4.39 Å². The molecule has 0 saturated carbocycles. The van der Waals surface area contributed by atoms with Crippen molar-refractivity contribution in [2.75, 3.05) is 13.1 Å². The highest BCUT2D eigenvalue weighted by Crippen LogP contribution is 2.27. The predicted molar refractivity (Wildman–Crippen MR) is 65.3 cm³/mol. The molecular formula is C13H19FN2O. The van der Waals surface area contributed by atoms with Gasteiger partial charge in [0.15, 0.2) is 0 Å². The third-order valence-corrected chi connectivity index (χ3v) is 3.56. The number of aromatic hydroxyl groups is 1. The van der Waals surface area contributed by atoms with Crippen LogP contribution in [0.1, 0.15) is 31.4 Å². The Balaban J connectivity index is 2.11. The van der Waals surface area contributed by atoms with Crippen molar-refractivity contribution in [3.8, 4) is 5.75 Å². The number of halogens is 1. The minimum absolute atomic E-state index is 0.0286. The molecule has 17 heavy (non-hydrogen) atoms. The van der Waals surface area contributed by atoms with Crippen molar-refractivity contribution in [1.29, 1.82) is 0 Å². The maximum atomic E-state index is 13.7. The normalized spacial score (nSPS) is 20.4. The van der Waals surface area contributed by atoms with Crippen molar-refractivity contribution in [3.05, 3.63) is 29.6 Å². The van der Waals surface area contributed by atoms with E-state index in [4.69, 9.17) is 5.73 Å². The zero-order chi connectivity index (χ0) is 12.4. The van der Waals surface area contributed by atoms with Gasteiger partial charge in [0.25, 0.3) is 0 Å². The van der Waals surface area contributed by atoms with Crippen LogP contribution in [0.3, 0.4) is 0 Å². The molecule has 3 N–H and O–H groups in total. The number of hydrogen-bond donors (Lipinski definition) is 2.